The van der Waals surface area contributed by atoms with Gasteiger partial charge in [-0.3, -0.25) is 0 Å². The van der Waals surface area contributed by atoms with E-state index in [0.29, 0.717) is 6.04 Å². The molecule has 1 aliphatic heterocycles. The van der Waals surface area contributed by atoms with Crippen LogP contribution in [0.4, 0.5) is 0 Å². The van der Waals surface area contributed by atoms with Gasteiger partial charge in [-0.05, 0) is 43.5 Å². The van der Waals surface area contributed by atoms with Crippen molar-refractivity contribution in [1.29, 1.82) is 0 Å². The zero-order valence-corrected chi connectivity index (χ0v) is 12.0. The van der Waals surface area contributed by atoms with Gasteiger partial charge in [-0.25, -0.2) is 4.98 Å². The summed E-state index contributed by atoms with van der Waals surface area (Å²) >= 11 is 0. The number of nitrogens with one attached hydrogen (secondary N) is 1. The fraction of sp³-hybridized carbons (Fsp3) is 0.562. The third kappa shape index (κ3) is 2.66. The Hall–Kier alpha value is -1.35. The first-order chi connectivity index (χ1) is 9.02. The number of hydrogen-bond donors (Lipinski definition) is 1. The van der Waals surface area contributed by atoms with E-state index in [-0.39, 0.29) is 5.41 Å². The second-order valence-corrected chi connectivity index (χ2v) is 6.57. The monoisotopic (exact) mass is 258 g/mol. The summed E-state index contributed by atoms with van der Waals surface area (Å²) in [5.74, 6) is 0.818. The second kappa shape index (κ2) is 4.64. The topological polar surface area (TPSA) is 38.1 Å². The highest BCUT2D eigenvalue weighted by molar-refractivity contribution is 5.73. The Morgan fingerprint density at radius 2 is 2.21 bits per heavy atom. The van der Waals surface area contributed by atoms with Gasteiger partial charge in [0, 0.05) is 11.5 Å². The molecule has 0 amide bonds. The Bertz CT molecular complexity index is 574. The third-order valence-corrected chi connectivity index (χ3v) is 3.74. The van der Waals surface area contributed by atoms with Crippen molar-refractivity contribution in [2.45, 2.75) is 51.5 Å². The normalized spacial score (nSPS) is 20.3. The molecule has 3 heteroatoms. The Morgan fingerprint density at radius 3 is 2.89 bits per heavy atom. The standard InChI is InChI=1S/C16H22N2O/c1-16(2,3)15-18-13-10-11(6-7-14(13)19-15)9-12-5-4-8-17-12/h6-7,10,12,17H,4-5,8-9H2,1-3H3. The van der Waals surface area contributed by atoms with Crippen LogP contribution >= 0.6 is 0 Å². The zero-order chi connectivity index (χ0) is 13.5. The Morgan fingerprint density at radius 1 is 1.37 bits per heavy atom. The largest absolute Gasteiger partial charge is 0.440 e. The molecule has 102 valence electrons. The molecule has 0 radical (unpaired) electrons. The van der Waals surface area contributed by atoms with E-state index in [1.54, 1.807) is 0 Å². The lowest BCUT2D eigenvalue weighted by Gasteiger charge is -2.11. The van der Waals surface area contributed by atoms with Gasteiger partial charge in [0.15, 0.2) is 5.58 Å². The molecule has 0 aliphatic carbocycles. The van der Waals surface area contributed by atoms with E-state index in [1.807, 2.05) is 0 Å². The van der Waals surface area contributed by atoms with E-state index >= 15 is 0 Å². The molecular formula is C16H22N2O. The van der Waals surface area contributed by atoms with Gasteiger partial charge in [0.05, 0.1) is 0 Å². The highest BCUT2D eigenvalue weighted by Gasteiger charge is 2.21. The smallest absolute Gasteiger partial charge is 0.200 e. The molecule has 19 heavy (non-hydrogen) atoms. The summed E-state index contributed by atoms with van der Waals surface area (Å²) in [5, 5.41) is 3.54. The molecule has 2 heterocycles. The zero-order valence-electron chi connectivity index (χ0n) is 12.0. The van der Waals surface area contributed by atoms with Crippen molar-refractivity contribution in [3.63, 3.8) is 0 Å². The van der Waals surface area contributed by atoms with E-state index in [9.17, 15) is 0 Å². The van der Waals surface area contributed by atoms with Crippen molar-refractivity contribution in [1.82, 2.24) is 10.3 Å². The summed E-state index contributed by atoms with van der Waals surface area (Å²) in [6.45, 7) is 7.54. The van der Waals surface area contributed by atoms with Crippen LogP contribution < -0.4 is 5.32 Å². The number of nitrogens with zero attached hydrogens (tertiary/aromatic N) is 1. The molecule has 2 aromatic rings. The summed E-state index contributed by atoms with van der Waals surface area (Å²) < 4.78 is 5.83. The predicted molar refractivity (Wildman–Crippen MR) is 77.4 cm³/mol. The quantitative estimate of drug-likeness (QED) is 0.897. The number of benzene rings is 1. The lowest BCUT2D eigenvalue weighted by Crippen LogP contribution is -2.23. The molecule has 1 fully saturated rings. The fourth-order valence-corrected chi connectivity index (χ4v) is 2.64. The maximum atomic E-state index is 5.83. The molecule has 0 saturated carbocycles. The number of fused-ring (bicyclic) bond motifs is 1. The van der Waals surface area contributed by atoms with Crippen LogP contribution in [-0.2, 0) is 11.8 Å². The fourth-order valence-electron chi connectivity index (χ4n) is 2.64. The lowest BCUT2D eigenvalue weighted by atomic mass is 9.97. The van der Waals surface area contributed by atoms with Gasteiger partial charge in [-0.15, -0.1) is 0 Å². The Labute approximate surface area is 114 Å². The highest BCUT2D eigenvalue weighted by atomic mass is 16.3. The number of rotatable bonds is 2. The van der Waals surface area contributed by atoms with Gasteiger partial charge >= 0.3 is 0 Å². The SMILES string of the molecule is CC(C)(C)c1nc2cc(CC3CCCN3)ccc2o1. The van der Waals surface area contributed by atoms with Crippen LogP contribution in [0.15, 0.2) is 22.6 Å². The van der Waals surface area contributed by atoms with Crippen molar-refractivity contribution >= 4 is 11.1 Å². The van der Waals surface area contributed by atoms with Crippen LogP contribution in [0.25, 0.3) is 11.1 Å². The van der Waals surface area contributed by atoms with Crippen molar-refractivity contribution < 1.29 is 4.42 Å². The molecule has 3 rings (SSSR count). The van der Waals surface area contributed by atoms with Crippen LogP contribution in [0, 0.1) is 0 Å². The molecule has 1 unspecified atom stereocenters. The Kier molecular flexibility index (Phi) is 3.09. The van der Waals surface area contributed by atoms with Crippen molar-refractivity contribution in [2.24, 2.45) is 0 Å². The van der Waals surface area contributed by atoms with E-state index in [1.165, 1.54) is 18.4 Å². The molecule has 1 N–H and O–H groups in total. The first kappa shape index (κ1) is 12.7. The Balaban J connectivity index is 1.87. The lowest BCUT2D eigenvalue weighted by molar-refractivity contribution is 0.411. The first-order valence-corrected chi connectivity index (χ1v) is 7.16. The average molecular weight is 258 g/mol. The molecule has 1 saturated heterocycles. The van der Waals surface area contributed by atoms with Gasteiger partial charge < -0.3 is 9.73 Å². The average Bonchev–Trinajstić information content (AvgIpc) is 2.95. The molecular weight excluding hydrogens is 236 g/mol. The highest BCUT2D eigenvalue weighted by Crippen LogP contribution is 2.26. The molecule has 0 spiro atoms. The van der Waals surface area contributed by atoms with Crippen molar-refractivity contribution in [3.05, 3.63) is 29.7 Å². The van der Waals surface area contributed by atoms with E-state index in [0.717, 1.165) is 30.0 Å². The number of aromatic nitrogens is 1. The summed E-state index contributed by atoms with van der Waals surface area (Å²) in [5.41, 5.74) is 3.20. The summed E-state index contributed by atoms with van der Waals surface area (Å²) in [6, 6.07) is 7.03. The van der Waals surface area contributed by atoms with Gasteiger partial charge in [0.1, 0.15) is 5.52 Å². The molecule has 1 atom stereocenters. The van der Waals surface area contributed by atoms with Crippen LogP contribution in [-0.4, -0.2) is 17.6 Å². The predicted octanol–water partition coefficient (Wildman–Crippen LogP) is 3.42. The first-order valence-electron chi connectivity index (χ1n) is 7.16. The maximum absolute atomic E-state index is 5.83. The van der Waals surface area contributed by atoms with Gasteiger partial charge in [0.25, 0.3) is 0 Å². The molecule has 1 aromatic carbocycles. The number of oxazole rings is 1. The molecule has 1 aliphatic rings. The minimum atomic E-state index is -0.0355. The third-order valence-electron chi connectivity index (χ3n) is 3.74. The van der Waals surface area contributed by atoms with E-state index < -0.39 is 0 Å². The molecule has 3 nitrogen and oxygen atoms in total. The van der Waals surface area contributed by atoms with Crippen LogP contribution in [0.2, 0.25) is 0 Å². The van der Waals surface area contributed by atoms with Crippen molar-refractivity contribution in [3.8, 4) is 0 Å². The molecule has 1 aromatic heterocycles. The van der Waals surface area contributed by atoms with E-state index in [2.05, 4.69) is 49.3 Å². The number of hydrogen-bond acceptors (Lipinski definition) is 3. The van der Waals surface area contributed by atoms with Crippen molar-refractivity contribution in [2.75, 3.05) is 6.54 Å². The van der Waals surface area contributed by atoms with Gasteiger partial charge in [-0.2, -0.15) is 0 Å². The van der Waals surface area contributed by atoms with Gasteiger partial charge in [-0.1, -0.05) is 26.8 Å². The van der Waals surface area contributed by atoms with Crippen LogP contribution in [0.3, 0.4) is 0 Å². The summed E-state index contributed by atoms with van der Waals surface area (Å²) in [7, 11) is 0. The van der Waals surface area contributed by atoms with Gasteiger partial charge in [0.2, 0.25) is 5.89 Å². The molecule has 0 bridgehead atoms. The summed E-state index contributed by atoms with van der Waals surface area (Å²) in [6.07, 6.45) is 3.67. The maximum Gasteiger partial charge on any atom is 0.200 e. The van der Waals surface area contributed by atoms with Crippen LogP contribution in [0.5, 0.6) is 0 Å². The minimum Gasteiger partial charge on any atom is -0.440 e. The second-order valence-electron chi connectivity index (χ2n) is 6.57. The summed E-state index contributed by atoms with van der Waals surface area (Å²) in [4.78, 5) is 4.63. The van der Waals surface area contributed by atoms with Crippen LogP contribution in [0.1, 0.15) is 45.1 Å². The minimum absolute atomic E-state index is 0.0355. The van der Waals surface area contributed by atoms with E-state index in [4.69, 9.17) is 4.42 Å².